The summed E-state index contributed by atoms with van der Waals surface area (Å²) < 4.78 is 36.6. The Morgan fingerprint density at radius 3 is 2.42 bits per heavy atom. The Hall–Kier alpha value is -2.08. The number of rotatable bonds is 9. The predicted molar refractivity (Wildman–Crippen MR) is 131 cm³/mol. The molecule has 4 rings (SSSR count). The van der Waals surface area contributed by atoms with Gasteiger partial charge in [-0.1, -0.05) is 30.3 Å². The summed E-state index contributed by atoms with van der Waals surface area (Å²) in [4.78, 5) is 4.66. The van der Waals surface area contributed by atoms with E-state index in [1.807, 2.05) is 39.0 Å². The van der Waals surface area contributed by atoms with Crippen molar-refractivity contribution in [2.24, 2.45) is 0 Å². The van der Waals surface area contributed by atoms with Gasteiger partial charge in [0.05, 0.1) is 30.6 Å². The Morgan fingerprint density at radius 1 is 1.00 bits per heavy atom. The highest BCUT2D eigenvalue weighted by Gasteiger charge is 2.30. The summed E-state index contributed by atoms with van der Waals surface area (Å²) in [6.45, 7) is 7.41. The summed E-state index contributed by atoms with van der Waals surface area (Å²) in [6, 6.07) is 16.1. The van der Waals surface area contributed by atoms with Gasteiger partial charge in [-0.3, -0.25) is 9.55 Å². The van der Waals surface area contributed by atoms with Gasteiger partial charge in [0.15, 0.2) is 6.29 Å². The van der Waals surface area contributed by atoms with Crippen molar-refractivity contribution >= 4 is 23.8 Å². The molecule has 1 atom stereocenters. The van der Waals surface area contributed by atoms with Crippen LogP contribution in [0.1, 0.15) is 44.4 Å². The van der Waals surface area contributed by atoms with Crippen LogP contribution in [0.3, 0.4) is 0 Å². The molecule has 0 bridgehead atoms. The van der Waals surface area contributed by atoms with Crippen molar-refractivity contribution in [3.8, 4) is 11.1 Å². The molecule has 1 unspecified atom stereocenters. The summed E-state index contributed by atoms with van der Waals surface area (Å²) in [5.74, 6) is 0. The standard InChI is InChI=1S/C26H32NO5P/c1-4-31-33(28,32-5-2)24-17-23(16-22-12-9-19(3)27-26(22)24)21-13-10-20(11-14-21)18-30-25-8-6-7-15-29-25/h9-14,16-17,25H,4-8,15,18H2,1-3H3. The van der Waals surface area contributed by atoms with Gasteiger partial charge in [-0.2, -0.15) is 0 Å². The largest absolute Gasteiger partial charge is 0.363 e. The number of nitrogens with zero attached hydrogens (tertiary/aromatic N) is 1. The van der Waals surface area contributed by atoms with E-state index in [-0.39, 0.29) is 19.5 Å². The van der Waals surface area contributed by atoms with Gasteiger partial charge in [0.1, 0.15) is 0 Å². The van der Waals surface area contributed by atoms with Crippen LogP contribution in [-0.2, 0) is 29.7 Å². The average Bonchev–Trinajstić information content (AvgIpc) is 2.83. The Kier molecular flexibility index (Phi) is 7.94. The third-order valence-electron chi connectivity index (χ3n) is 5.67. The van der Waals surface area contributed by atoms with E-state index in [1.165, 1.54) is 0 Å². The number of pyridine rings is 1. The zero-order chi connectivity index (χ0) is 23.3. The van der Waals surface area contributed by atoms with Crippen molar-refractivity contribution in [2.75, 3.05) is 19.8 Å². The molecular formula is C26H32NO5P. The van der Waals surface area contributed by atoms with E-state index >= 15 is 0 Å². The molecule has 1 aromatic heterocycles. The third-order valence-corrected chi connectivity index (χ3v) is 7.79. The van der Waals surface area contributed by atoms with Gasteiger partial charge in [0, 0.05) is 17.7 Å². The van der Waals surface area contributed by atoms with E-state index in [0.29, 0.717) is 17.4 Å². The monoisotopic (exact) mass is 469 g/mol. The van der Waals surface area contributed by atoms with Crippen molar-refractivity contribution in [3.05, 3.63) is 59.8 Å². The van der Waals surface area contributed by atoms with Crippen LogP contribution in [0.15, 0.2) is 48.5 Å². The predicted octanol–water partition coefficient (Wildman–Crippen LogP) is 6.14. The van der Waals surface area contributed by atoms with Crippen molar-refractivity contribution in [1.29, 1.82) is 0 Å². The summed E-state index contributed by atoms with van der Waals surface area (Å²) in [7, 11) is -3.52. The number of fused-ring (bicyclic) bond motifs is 1. The SMILES string of the molecule is CCOP(=O)(OCC)c1cc(-c2ccc(COC3CCCCO3)cc2)cc2ccc(C)nc12. The highest BCUT2D eigenvalue weighted by Crippen LogP contribution is 2.49. The molecule has 1 aliphatic heterocycles. The van der Waals surface area contributed by atoms with Gasteiger partial charge in [0.2, 0.25) is 0 Å². The van der Waals surface area contributed by atoms with E-state index in [9.17, 15) is 4.57 Å². The second-order valence-corrected chi connectivity index (χ2v) is 10.1. The first-order valence-electron chi connectivity index (χ1n) is 11.7. The first-order chi connectivity index (χ1) is 16.0. The summed E-state index contributed by atoms with van der Waals surface area (Å²) in [6.07, 6.45) is 3.10. The van der Waals surface area contributed by atoms with Gasteiger partial charge in [-0.15, -0.1) is 0 Å². The first-order valence-corrected chi connectivity index (χ1v) is 13.2. The highest BCUT2D eigenvalue weighted by molar-refractivity contribution is 7.62. The molecule has 0 amide bonds. The molecule has 7 heteroatoms. The maximum absolute atomic E-state index is 13.7. The van der Waals surface area contributed by atoms with E-state index in [4.69, 9.17) is 18.5 Å². The molecule has 33 heavy (non-hydrogen) atoms. The fourth-order valence-electron chi connectivity index (χ4n) is 4.03. The molecule has 0 N–H and O–H groups in total. The van der Waals surface area contributed by atoms with Gasteiger partial charge in [0.25, 0.3) is 0 Å². The van der Waals surface area contributed by atoms with Crippen LogP contribution in [0, 0.1) is 6.92 Å². The average molecular weight is 470 g/mol. The molecule has 0 aliphatic carbocycles. The van der Waals surface area contributed by atoms with Crippen LogP contribution in [0.4, 0.5) is 0 Å². The molecule has 1 saturated heterocycles. The smallest absolute Gasteiger partial charge is 0.353 e. The van der Waals surface area contributed by atoms with Crippen LogP contribution in [0.25, 0.3) is 22.0 Å². The van der Waals surface area contributed by atoms with Crippen molar-refractivity contribution in [3.63, 3.8) is 0 Å². The van der Waals surface area contributed by atoms with Crippen molar-refractivity contribution < 1.29 is 23.1 Å². The zero-order valence-electron chi connectivity index (χ0n) is 19.6. The Balaban J connectivity index is 1.66. The number of aryl methyl sites for hydroxylation is 1. The summed E-state index contributed by atoms with van der Waals surface area (Å²) in [5, 5.41) is 1.40. The number of hydrogen-bond donors (Lipinski definition) is 0. The van der Waals surface area contributed by atoms with E-state index in [1.54, 1.807) is 0 Å². The number of benzene rings is 2. The Labute approximate surface area is 195 Å². The maximum Gasteiger partial charge on any atom is 0.363 e. The van der Waals surface area contributed by atoms with Crippen molar-refractivity contribution in [1.82, 2.24) is 4.98 Å². The molecular weight excluding hydrogens is 437 g/mol. The minimum absolute atomic E-state index is 0.108. The molecule has 0 saturated carbocycles. The molecule has 2 heterocycles. The van der Waals surface area contributed by atoms with Crippen LogP contribution >= 0.6 is 7.60 Å². The zero-order valence-corrected chi connectivity index (χ0v) is 20.5. The molecule has 3 aromatic rings. The van der Waals surface area contributed by atoms with E-state index in [2.05, 4.69) is 35.3 Å². The normalized spacial score (nSPS) is 16.9. The first kappa shape index (κ1) is 24.1. The molecule has 0 radical (unpaired) electrons. The molecule has 1 aliphatic rings. The lowest BCUT2D eigenvalue weighted by atomic mass is 10.0. The Bertz CT molecular complexity index is 1120. The topological polar surface area (TPSA) is 66.9 Å². The van der Waals surface area contributed by atoms with E-state index < -0.39 is 7.60 Å². The third kappa shape index (κ3) is 5.71. The number of aromatic nitrogens is 1. The van der Waals surface area contributed by atoms with Crippen molar-refractivity contribution in [2.45, 2.75) is 52.9 Å². The minimum atomic E-state index is -3.52. The molecule has 1 fully saturated rings. The molecule has 6 nitrogen and oxygen atoms in total. The minimum Gasteiger partial charge on any atom is -0.353 e. The van der Waals surface area contributed by atoms with E-state index in [0.717, 1.165) is 53.6 Å². The van der Waals surface area contributed by atoms with Gasteiger partial charge in [-0.05, 0) is 74.9 Å². The quantitative estimate of drug-likeness (QED) is 0.351. The maximum atomic E-state index is 13.7. The lowest BCUT2D eigenvalue weighted by Gasteiger charge is -2.22. The second kappa shape index (κ2) is 10.9. The summed E-state index contributed by atoms with van der Waals surface area (Å²) >= 11 is 0. The molecule has 2 aromatic carbocycles. The van der Waals surface area contributed by atoms with Crippen LogP contribution in [0.5, 0.6) is 0 Å². The fourth-order valence-corrected chi connectivity index (χ4v) is 5.80. The lowest BCUT2D eigenvalue weighted by Crippen LogP contribution is -2.21. The molecule has 176 valence electrons. The van der Waals surface area contributed by atoms with Crippen LogP contribution in [0.2, 0.25) is 0 Å². The Morgan fingerprint density at radius 2 is 1.76 bits per heavy atom. The summed E-state index contributed by atoms with van der Waals surface area (Å²) in [5.41, 5.74) is 4.53. The van der Waals surface area contributed by atoms with Gasteiger partial charge >= 0.3 is 7.60 Å². The van der Waals surface area contributed by atoms with Gasteiger partial charge in [-0.25, -0.2) is 0 Å². The second-order valence-electron chi connectivity index (χ2n) is 8.16. The van der Waals surface area contributed by atoms with Gasteiger partial charge < -0.3 is 18.5 Å². The fraction of sp³-hybridized carbons (Fsp3) is 0.423. The van der Waals surface area contributed by atoms with Crippen LogP contribution < -0.4 is 5.30 Å². The number of hydrogen-bond acceptors (Lipinski definition) is 6. The van der Waals surface area contributed by atoms with Crippen LogP contribution in [-0.4, -0.2) is 31.1 Å². The molecule has 0 spiro atoms. The highest BCUT2D eigenvalue weighted by atomic mass is 31.2. The lowest BCUT2D eigenvalue weighted by molar-refractivity contribution is -0.168. The number of ether oxygens (including phenoxy) is 2.